The lowest BCUT2D eigenvalue weighted by Gasteiger charge is -2.38. The summed E-state index contributed by atoms with van der Waals surface area (Å²) in [4.78, 5) is 15.0. The highest BCUT2D eigenvalue weighted by atomic mass is 16.5. The molecule has 142 valence electrons. The molecule has 0 spiro atoms. The summed E-state index contributed by atoms with van der Waals surface area (Å²) in [6.45, 7) is 3.26. The maximum absolute atomic E-state index is 12.7. The van der Waals surface area contributed by atoms with Gasteiger partial charge in [-0.2, -0.15) is 0 Å². The van der Waals surface area contributed by atoms with Gasteiger partial charge in [0.15, 0.2) is 0 Å². The second kappa shape index (κ2) is 8.17. The highest BCUT2D eigenvalue weighted by Gasteiger charge is 2.29. The number of benzene rings is 3. The van der Waals surface area contributed by atoms with Crippen LogP contribution in [0.5, 0.6) is 5.75 Å². The van der Waals surface area contributed by atoms with Crippen LogP contribution in [-0.4, -0.2) is 18.6 Å². The van der Waals surface area contributed by atoms with Crippen LogP contribution < -0.4 is 15.0 Å². The Morgan fingerprint density at radius 1 is 1.00 bits per heavy atom. The number of amides is 1. The molecular formula is C24H24N2O2. The number of rotatable bonds is 5. The highest BCUT2D eigenvalue weighted by Crippen LogP contribution is 2.35. The van der Waals surface area contributed by atoms with Crippen molar-refractivity contribution in [1.29, 1.82) is 0 Å². The molecule has 1 aliphatic heterocycles. The largest absolute Gasteiger partial charge is 0.489 e. The normalized spacial score (nSPS) is 15.5. The van der Waals surface area contributed by atoms with E-state index < -0.39 is 0 Å². The molecule has 4 heteroatoms. The molecule has 1 aliphatic rings. The Kier molecular flexibility index (Phi) is 5.29. The van der Waals surface area contributed by atoms with Crippen LogP contribution in [-0.2, 0) is 11.3 Å². The Balaban J connectivity index is 1.52. The fourth-order valence-corrected chi connectivity index (χ4v) is 3.52. The number of carbonyl (C=O) groups excluding carboxylic acids is 1. The van der Waals surface area contributed by atoms with Crippen molar-refractivity contribution in [3.63, 3.8) is 0 Å². The van der Waals surface area contributed by atoms with Crippen LogP contribution >= 0.6 is 0 Å². The number of carbonyl (C=O) groups is 1. The Labute approximate surface area is 165 Å². The number of hydrogen-bond donors (Lipinski definition) is 1. The van der Waals surface area contributed by atoms with Gasteiger partial charge < -0.3 is 15.0 Å². The third-order valence-electron chi connectivity index (χ3n) is 5.00. The zero-order valence-electron chi connectivity index (χ0n) is 16.0. The summed E-state index contributed by atoms with van der Waals surface area (Å²) in [5.74, 6) is 0.864. The molecule has 1 N–H and O–H groups in total. The number of ether oxygens (including phenoxy) is 1. The molecule has 0 saturated heterocycles. The molecule has 1 amide bonds. The van der Waals surface area contributed by atoms with Crippen LogP contribution in [0.25, 0.3) is 0 Å². The molecule has 1 unspecified atom stereocenters. The van der Waals surface area contributed by atoms with E-state index in [1.807, 2.05) is 67.6 Å². The summed E-state index contributed by atoms with van der Waals surface area (Å²) < 4.78 is 5.95. The SMILES string of the molecule is Cc1ccc(NC(=O)CC2COc3ccccc3N2Cc2ccccc2)cc1. The van der Waals surface area contributed by atoms with Crippen molar-refractivity contribution < 1.29 is 9.53 Å². The van der Waals surface area contributed by atoms with Crippen molar-refractivity contribution in [2.24, 2.45) is 0 Å². The molecule has 0 aliphatic carbocycles. The molecule has 0 bridgehead atoms. The number of hydrogen-bond acceptors (Lipinski definition) is 3. The summed E-state index contributed by atoms with van der Waals surface area (Å²) in [5.41, 5.74) is 4.24. The van der Waals surface area contributed by atoms with E-state index in [2.05, 4.69) is 28.4 Å². The van der Waals surface area contributed by atoms with Crippen LogP contribution in [0.4, 0.5) is 11.4 Å². The lowest BCUT2D eigenvalue weighted by molar-refractivity contribution is -0.116. The van der Waals surface area contributed by atoms with Crippen molar-refractivity contribution in [2.45, 2.75) is 25.9 Å². The molecular weight excluding hydrogens is 348 g/mol. The Bertz CT molecular complexity index is 938. The summed E-state index contributed by atoms with van der Waals surface area (Å²) >= 11 is 0. The average molecular weight is 372 g/mol. The van der Waals surface area contributed by atoms with Gasteiger partial charge in [0.25, 0.3) is 0 Å². The fourth-order valence-electron chi connectivity index (χ4n) is 3.52. The molecule has 0 aromatic heterocycles. The topological polar surface area (TPSA) is 41.6 Å². The smallest absolute Gasteiger partial charge is 0.226 e. The number of aryl methyl sites for hydroxylation is 1. The van der Waals surface area contributed by atoms with Gasteiger partial charge in [-0.15, -0.1) is 0 Å². The van der Waals surface area contributed by atoms with E-state index >= 15 is 0 Å². The van der Waals surface area contributed by atoms with E-state index in [-0.39, 0.29) is 11.9 Å². The minimum atomic E-state index is -0.0273. The standard InChI is InChI=1S/C24H24N2O2/c1-18-11-13-20(14-12-18)25-24(27)15-21-17-28-23-10-6-5-9-22(23)26(21)16-19-7-3-2-4-8-19/h2-14,21H,15-17H2,1H3,(H,25,27). The van der Waals surface area contributed by atoms with Crippen LogP contribution in [0.15, 0.2) is 78.9 Å². The Morgan fingerprint density at radius 2 is 1.71 bits per heavy atom. The fraction of sp³-hybridized carbons (Fsp3) is 0.208. The molecule has 3 aromatic rings. The van der Waals surface area contributed by atoms with Crippen molar-refractivity contribution in [2.75, 3.05) is 16.8 Å². The van der Waals surface area contributed by atoms with Crippen LogP contribution in [0.2, 0.25) is 0 Å². The van der Waals surface area contributed by atoms with Gasteiger partial charge >= 0.3 is 0 Å². The maximum Gasteiger partial charge on any atom is 0.226 e. The van der Waals surface area contributed by atoms with E-state index in [9.17, 15) is 4.79 Å². The van der Waals surface area contributed by atoms with E-state index in [1.165, 1.54) is 11.1 Å². The van der Waals surface area contributed by atoms with E-state index in [4.69, 9.17) is 4.74 Å². The van der Waals surface area contributed by atoms with Crippen molar-refractivity contribution in [1.82, 2.24) is 0 Å². The molecule has 0 fully saturated rings. The molecule has 1 atom stereocenters. The molecule has 1 heterocycles. The second-order valence-corrected chi connectivity index (χ2v) is 7.16. The van der Waals surface area contributed by atoms with Gasteiger partial charge in [-0.05, 0) is 36.8 Å². The summed E-state index contributed by atoms with van der Waals surface area (Å²) in [6.07, 6.45) is 0.370. The predicted octanol–water partition coefficient (Wildman–Crippen LogP) is 4.79. The van der Waals surface area contributed by atoms with Gasteiger partial charge in [-0.1, -0.05) is 60.2 Å². The number of nitrogens with zero attached hydrogens (tertiary/aromatic N) is 1. The van der Waals surface area contributed by atoms with Crippen LogP contribution in [0, 0.1) is 6.92 Å². The molecule has 0 radical (unpaired) electrons. The van der Waals surface area contributed by atoms with Crippen LogP contribution in [0.1, 0.15) is 17.5 Å². The van der Waals surface area contributed by atoms with Crippen molar-refractivity contribution in [3.05, 3.63) is 90.0 Å². The van der Waals surface area contributed by atoms with Gasteiger partial charge in [-0.25, -0.2) is 0 Å². The minimum Gasteiger partial charge on any atom is -0.489 e. The third kappa shape index (κ3) is 4.17. The third-order valence-corrected chi connectivity index (χ3v) is 5.00. The first-order chi connectivity index (χ1) is 13.7. The van der Waals surface area contributed by atoms with Crippen molar-refractivity contribution in [3.8, 4) is 5.75 Å². The highest BCUT2D eigenvalue weighted by molar-refractivity contribution is 5.91. The van der Waals surface area contributed by atoms with Crippen LogP contribution in [0.3, 0.4) is 0 Å². The summed E-state index contributed by atoms with van der Waals surface area (Å²) in [5, 5.41) is 3.00. The van der Waals surface area contributed by atoms with E-state index in [1.54, 1.807) is 0 Å². The monoisotopic (exact) mass is 372 g/mol. The van der Waals surface area contributed by atoms with E-state index in [0.29, 0.717) is 13.0 Å². The first-order valence-corrected chi connectivity index (χ1v) is 9.58. The molecule has 3 aromatic carbocycles. The van der Waals surface area contributed by atoms with Crippen molar-refractivity contribution >= 4 is 17.3 Å². The predicted molar refractivity (Wildman–Crippen MR) is 113 cm³/mol. The quantitative estimate of drug-likeness (QED) is 0.700. The molecule has 4 nitrogen and oxygen atoms in total. The zero-order valence-corrected chi connectivity index (χ0v) is 16.0. The number of nitrogens with one attached hydrogen (secondary N) is 1. The van der Waals surface area contributed by atoms with Gasteiger partial charge in [0.05, 0.1) is 18.2 Å². The minimum absolute atomic E-state index is 0.00473. The summed E-state index contributed by atoms with van der Waals surface area (Å²) in [7, 11) is 0. The van der Waals surface area contributed by atoms with Gasteiger partial charge in [0.2, 0.25) is 5.91 Å². The molecule has 4 rings (SSSR count). The van der Waals surface area contributed by atoms with Gasteiger partial charge in [0.1, 0.15) is 12.4 Å². The van der Waals surface area contributed by atoms with Gasteiger partial charge in [0, 0.05) is 12.2 Å². The molecule has 0 saturated carbocycles. The summed E-state index contributed by atoms with van der Waals surface area (Å²) in [6, 6.07) is 26.2. The zero-order chi connectivity index (χ0) is 19.3. The molecule has 28 heavy (non-hydrogen) atoms. The number of fused-ring (bicyclic) bond motifs is 1. The lowest BCUT2D eigenvalue weighted by Crippen LogP contribution is -2.44. The second-order valence-electron chi connectivity index (χ2n) is 7.16. The first kappa shape index (κ1) is 18.1. The lowest BCUT2D eigenvalue weighted by atomic mass is 10.1. The maximum atomic E-state index is 12.7. The number of anilines is 2. The van der Waals surface area contributed by atoms with Gasteiger partial charge in [-0.3, -0.25) is 4.79 Å². The first-order valence-electron chi connectivity index (χ1n) is 9.58. The Hall–Kier alpha value is -3.27. The van der Waals surface area contributed by atoms with E-state index in [0.717, 1.165) is 23.7 Å². The number of para-hydroxylation sites is 2. The average Bonchev–Trinajstić information content (AvgIpc) is 2.72. The Morgan fingerprint density at radius 3 is 2.50 bits per heavy atom.